The van der Waals surface area contributed by atoms with Crippen LogP contribution in [0, 0.1) is 0 Å². The Kier molecular flexibility index (Phi) is 5.14. The van der Waals surface area contributed by atoms with Crippen LogP contribution in [0.25, 0.3) is 0 Å². The van der Waals surface area contributed by atoms with Crippen molar-refractivity contribution >= 4 is 27.3 Å². The number of nitrogens with zero attached hydrogens (tertiary/aromatic N) is 1. The maximum absolute atomic E-state index is 11.9. The molecule has 0 aliphatic rings. The van der Waals surface area contributed by atoms with Gasteiger partial charge in [0.2, 0.25) is 5.91 Å². The Morgan fingerprint density at radius 1 is 1.48 bits per heavy atom. The van der Waals surface area contributed by atoms with Crippen LogP contribution in [0.4, 0.5) is 5.69 Å². The molecule has 0 aromatic heterocycles. The first-order chi connectivity index (χ1) is 9.70. The van der Waals surface area contributed by atoms with Crippen LogP contribution in [0.2, 0.25) is 0 Å². The van der Waals surface area contributed by atoms with E-state index in [0.29, 0.717) is 5.56 Å². The summed E-state index contributed by atoms with van der Waals surface area (Å²) < 4.78 is 27.8. The average Bonchev–Trinajstić information content (AvgIpc) is 2.44. The van der Waals surface area contributed by atoms with E-state index in [-0.39, 0.29) is 17.3 Å². The number of methoxy groups -OCH3 is 1. The summed E-state index contributed by atoms with van der Waals surface area (Å²) in [6.45, 7) is 1.29. The highest BCUT2D eigenvalue weighted by Gasteiger charge is 2.24. The van der Waals surface area contributed by atoms with E-state index in [0.717, 1.165) is 6.26 Å². The Balaban J connectivity index is 3.07. The molecule has 21 heavy (non-hydrogen) atoms. The Hall–Kier alpha value is -2.29. The van der Waals surface area contributed by atoms with Gasteiger partial charge in [-0.1, -0.05) is 5.16 Å². The van der Waals surface area contributed by atoms with Crippen LogP contribution in [-0.2, 0) is 14.6 Å². The second-order valence-corrected chi connectivity index (χ2v) is 6.73. The third-order valence-electron chi connectivity index (χ3n) is 2.87. The molecule has 1 aromatic carbocycles. The van der Waals surface area contributed by atoms with E-state index in [1.54, 1.807) is 0 Å². The molecular weight excluding hydrogens is 298 g/mol. The maximum Gasteiger partial charge on any atom is 0.242 e. The second-order valence-electron chi connectivity index (χ2n) is 4.36. The minimum Gasteiger partial charge on any atom is -0.495 e. The van der Waals surface area contributed by atoms with Gasteiger partial charge in [0.05, 0.1) is 12.8 Å². The molecule has 9 heteroatoms. The van der Waals surface area contributed by atoms with E-state index in [9.17, 15) is 13.2 Å². The summed E-state index contributed by atoms with van der Waals surface area (Å²) in [6, 6.07) is 4.42. The Labute approximate surface area is 122 Å². The highest BCUT2D eigenvalue weighted by molar-refractivity contribution is 7.92. The van der Waals surface area contributed by atoms with Gasteiger partial charge in [0.15, 0.2) is 15.7 Å². The molecule has 1 unspecified atom stereocenters. The summed E-state index contributed by atoms with van der Waals surface area (Å²) in [5, 5.41) is 12.7. The fraction of sp³-hybridized carbons (Fsp3) is 0.333. The molecule has 8 nitrogen and oxygen atoms in total. The number of nitrogens with two attached hydrogens (primary N) is 1. The number of amides is 1. The lowest BCUT2D eigenvalue weighted by Gasteiger charge is -2.14. The molecule has 1 amide bonds. The number of carbonyl (C=O) groups excluding carboxylic acids is 1. The summed E-state index contributed by atoms with van der Waals surface area (Å²) in [5.74, 6) is -0.531. The molecular formula is C12H17N3O5S. The van der Waals surface area contributed by atoms with Crippen molar-refractivity contribution in [2.45, 2.75) is 12.2 Å². The van der Waals surface area contributed by atoms with Crippen LogP contribution in [-0.4, -0.2) is 44.0 Å². The summed E-state index contributed by atoms with van der Waals surface area (Å²) in [5.41, 5.74) is 6.13. The molecule has 1 rings (SSSR count). The molecule has 0 saturated heterocycles. The molecule has 0 saturated carbocycles. The van der Waals surface area contributed by atoms with E-state index in [2.05, 4.69) is 10.5 Å². The van der Waals surface area contributed by atoms with Gasteiger partial charge in [-0.25, -0.2) is 8.42 Å². The summed E-state index contributed by atoms with van der Waals surface area (Å²) >= 11 is 0. The van der Waals surface area contributed by atoms with Crippen LogP contribution < -0.4 is 15.8 Å². The minimum absolute atomic E-state index is 0.115. The van der Waals surface area contributed by atoms with E-state index in [1.807, 2.05) is 0 Å². The third kappa shape index (κ3) is 4.09. The van der Waals surface area contributed by atoms with Gasteiger partial charge in [0.1, 0.15) is 11.0 Å². The largest absolute Gasteiger partial charge is 0.495 e. The number of amidine groups is 1. The topological polar surface area (TPSA) is 131 Å². The molecule has 1 atom stereocenters. The van der Waals surface area contributed by atoms with Gasteiger partial charge in [-0.2, -0.15) is 0 Å². The zero-order valence-electron chi connectivity index (χ0n) is 11.8. The highest BCUT2D eigenvalue weighted by atomic mass is 32.2. The predicted molar refractivity (Wildman–Crippen MR) is 78.4 cm³/mol. The summed E-state index contributed by atoms with van der Waals surface area (Å²) in [6.07, 6.45) is 0.982. The van der Waals surface area contributed by atoms with Gasteiger partial charge < -0.3 is 21.0 Å². The molecule has 0 spiro atoms. The Bertz CT molecular complexity index is 669. The van der Waals surface area contributed by atoms with Gasteiger partial charge in [0, 0.05) is 11.8 Å². The number of oxime groups is 1. The number of hydrogen-bond donors (Lipinski definition) is 3. The van der Waals surface area contributed by atoms with Gasteiger partial charge in [-0.3, -0.25) is 4.79 Å². The van der Waals surface area contributed by atoms with E-state index in [4.69, 9.17) is 15.7 Å². The number of rotatable bonds is 5. The number of anilines is 1. The van der Waals surface area contributed by atoms with Crippen molar-refractivity contribution in [3.05, 3.63) is 23.8 Å². The van der Waals surface area contributed by atoms with Crippen LogP contribution in [0.1, 0.15) is 12.5 Å². The number of nitrogens with one attached hydrogen (secondary N) is 1. The summed E-state index contributed by atoms with van der Waals surface area (Å²) in [7, 11) is -2.12. The minimum atomic E-state index is -3.49. The average molecular weight is 315 g/mol. The molecule has 0 aliphatic heterocycles. The molecule has 0 bridgehead atoms. The number of hydrogen-bond acceptors (Lipinski definition) is 6. The van der Waals surface area contributed by atoms with Gasteiger partial charge in [-0.15, -0.1) is 0 Å². The molecule has 1 aromatic rings. The molecule has 116 valence electrons. The zero-order chi connectivity index (χ0) is 16.2. The number of carbonyl (C=O) groups is 1. The predicted octanol–water partition coefficient (Wildman–Crippen LogP) is 0.161. The van der Waals surface area contributed by atoms with Gasteiger partial charge in [-0.05, 0) is 25.1 Å². The quantitative estimate of drug-likeness (QED) is 0.307. The van der Waals surface area contributed by atoms with E-state index in [1.165, 1.54) is 32.2 Å². The Morgan fingerprint density at radius 2 is 2.10 bits per heavy atom. The lowest BCUT2D eigenvalue weighted by Crippen LogP contribution is -2.31. The number of benzene rings is 1. The van der Waals surface area contributed by atoms with Crippen molar-refractivity contribution < 1.29 is 23.2 Å². The first kappa shape index (κ1) is 16.8. The highest BCUT2D eigenvalue weighted by Crippen LogP contribution is 2.26. The van der Waals surface area contributed by atoms with Crippen molar-refractivity contribution in [2.24, 2.45) is 10.9 Å². The SMILES string of the molecule is COc1cc(/C(N)=N/O)ccc1NC(=O)C(C)S(C)(=O)=O. The Morgan fingerprint density at radius 3 is 2.57 bits per heavy atom. The lowest BCUT2D eigenvalue weighted by molar-refractivity contribution is -0.115. The molecule has 0 radical (unpaired) electrons. The van der Waals surface area contributed by atoms with E-state index >= 15 is 0 Å². The van der Waals surface area contributed by atoms with Crippen molar-refractivity contribution in [1.29, 1.82) is 0 Å². The van der Waals surface area contributed by atoms with Crippen molar-refractivity contribution in [3.8, 4) is 5.75 Å². The monoisotopic (exact) mass is 315 g/mol. The molecule has 4 N–H and O–H groups in total. The number of sulfone groups is 1. The van der Waals surface area contributed by atoms with Gasteiger partial charge in [0.25, 0.3) is 0 Å². The summed E-state index contributed by atoms with van der Waals surface area (Å²) in [4.78, 5) is 11.9. The second kappa shape index (κ2) is 6.44. The normalized spacial score (nSPS) is 13.6. The van der Waals surface area contributed by atoms with Crippen molar-refractivity contribution in [2.75, 3.05) is 18.7 Å². The van der Waals surface area contributed by atoms with Crippen molar-refractivity contribution in [3.63, 3.8) is 0 Å². The fourth-order valence-electron chi connectivity index (χ4n) is 1.44. The first-order valence-electron chi connectivity index (χ1n) is 5.86. The lowest BCUT2D eigenvalue weighted by atomic mass is 10.1. The standard InChI is InChI=1S/C12H17N3O5S/c1-7(21(3,18)19)12(16)14-9-5-4-8(11(13)15-17)6-10(9)20-2/h4-7,17H,1-3H3,(H2,13,15)(H,14,16). The van der Waals surface area contributed by atoms with Crippen LogP contribution in [0.3, 0.4) is 0 Å². The number of ether oxygens (including phenoxy) is 1. The fourth-order valence-corrected chi connectivity index (χ4v) is 1.89. The zero-order valence-corrected chi connectivity index (χ0v) is 12.6. The molecule has 0 fully saturated rings. The van der Waals surface area contributed by atoms with Crippen LogP contribution in [0.15, 0.2) is 23.4 Å². The third-order valence-corrected chi connectivity index (χ3v) is 4.37. The first-order valence-corrected chi connectivity index (χ1v) is 7.81. The molecule has 0 aliphatic carbocycles. The van der Waals surface area contributed by atoms with Crippen LogP contribution in [0.5, 0.6) is 5.75 Å². The van der Waals surface area contributed by atoms with Gasteiger partial charge >= 0.3 is 0 Å². The van der Waals surface area contributed by atoms with E-state index < -0.39 is 21.0 Å². The van der Waals surface area contributed by atoms with Crippen molar-refractivity contribution in [1.82, 2.24) is 0 Å². The van der Waals surface area contributed by atoms with Crippen LogP contribution >= 0.6 is 0 Å². The smallest absolute Gasteiger partial charge is 0.242 e. The molecule has 0 heterocycles. The maximum atomic E-state index is 11.9.